The second-order valence-electron chi connectivity index (χ2n) is 4.56. The zero-order valence-electron chi connectivity index (χ0n) is 9.53. The van der Waals surface area contributed by atoms with E-state index in [-0.39, 0.29) is 17.6 Å². The Morgan fingerprint density at radius 2 is 1.88 bits per heavy atom. The maximum absolute atomic E-state index is 10.6. The number of carbonyl (C=O) groups is 1. The van der Waals surface area contributed by atoms with Crippen molar-refractivity contribution in [3.8, 4) is 0 Å². The van der Waals surface area contributed by atoms with Crippen LogP contribution in [-0.2, 0) is 0 Å². The predicted molar refractivity (Wildman–Crippen MR) is 62.8 cm³/mol. The van der Waals surface area contributed by atoms with Crippen LogP contribution in [0.4, 0.5) is 5.69 Å². The molecule has 16 heavy (non-hydrogen) atoms. The Kier molecular flexibility index (Phi) is 3.90. The standard InChI is InChI=1S/C12H17NO3/c1-12(2,8-14)7-13-10-5-3-9(4-6-10)11(15)16/h3-6,13-14H,7-8H2,1-2H3,(H,15,16). The van der Waals surface area contributed by atoms with Gasteiger partial charge in [0.25, 0.3) is 0 Å². The minimum absolute atomic E-state index is 0.104. The highest BCUT2D eigenvalue weighted by atomic mass is 16.4. The van der Waals surface area contributed by atoms with Gasteiger partial charge in [-0.1, -0.05) is 13.8 Å². The van der Waals surface area contributed by atoms with Crippen LogP contribution < -0.4 is 5.32 Å². The van der Waals surface area contributed by atoms with Crippen LogP contribution in [0, 0.1) is 5.41 Å². The fourth-order valence-corrected chi connectivity index (χ4v) is 1.13. The van der Waals surface area contributed by atoms with E-state index in [1.54, 1.807) is 24.3 Å². The first kappa shape index (κ1) is 12.5. The van der Waals surface area contributed by atoms with Gasteiger partial charge in [-0.3, -0.25) is 0 Å². The Balaban J connectivity index is 2.59. The average molecular weight is 223 g/mol. The van der Waals surface area contributed by atoms with Crippen molar-refractivity contribution in [3.05, 3.63) is 29.8 Å². The van der Waals surface area contributed by atoms with E-state index in [4.69, 9.17) is 10.2 Å². The van der Waals surface area contributed by atoms with Crippen molar-refractivity contribution < 1.29 is 15.0 Å². The van der Waals surface area contributed by atoms with Crippen LogP contribution in [0.2, 0.25) is 0 Å². The molecule has 0 radical (unpaired) electrons. The quantitative estimate of drug-likeness (QED) is 0.712. The number of anilines is 1. The summed E-state index contributed by atoms with van der Waals surface area (Å²) in [6, 6.07) is 6.54. The zero-order chi connectivity index (χ0) is 12.2. The predicted octanol–water partition coefficient (Wildman–Crippen LogP) is 1.82. The van der Waals surface area contributed by atoms with E-state index in [9.17, 15) is 4.79 Å². The molecule has 0 unspecified atom stereocenters. The number of aliphatic hydroxyl groups is 1. The molecular weight excluding hydrogens is 206 g/mol. The summed E-state index contributed by atoms with van der Waals surface area (Å²) in [5.41, 5.74) is 0.935. The Morgan fingerprint density at radius 1 is 1.31 bits per heavy atom. The number of aliphatic hydroxyl groups excluding tert-OH is 1. The summed E-state index contributed by atoms with van der Waals surface area (Å²) < 4.78 is 0. The van der Waals surface area contributed by atoms with Crippen LogP contribution in [0.1, 0.15) is 24.2 Å². The van der Waals surface area contributed by atoms with Crippen molar-refractivity contribution in [3.63, 3.8) is 0 Å². The van der Waals surface area contributed by atoms with Crippen molar-refractivity contribution >= 4 is 11.7 Å². The molecule has 0 saturated heterocycles. The molecule has 0 aliphatic rings. The van der Waals surface area contributed by atoms with E-state index in [0.29, 0.717) is 6.54 Å². The van der Waals surface area contributed by atoms with Crippen LogP contribution >= 0.6 is 0 Å². The largest absolute Gasteiger partial charge is 0.478 e. The van der Waals surface area contributed by atoms with Gasteiger partial charge in [-0.2, -0.15) is 0 Å². The maximum Gasteiger partial charge on any atom is 0.335 e. The number of nitrogens with one attached hydrogen (secondary N) is 1. The molecule has 0 saturated carbocycles. The number of aromatic carboxylic acids is 1. The fraction of sp³-hybridized carbons (Fsp3) is 0.417. The molecule has 0 aliphatic heterocycles. The van der Waals surface area contributed by atoms with Gasteiger partial charge in [0.05, 0.1) is 5.56 Å². The van der Waals surface area contributed by atoms with Crippen molar-refractivity contribution in [2.24, 2.45) is 5.41 Å². The molecule has 1 aromatic rings. The summed E-state index contributed by atoms with van der Waals surface area (Å²) >= 11 is 0. The molecule has 1 rings (SSSR count). The molecule has 3 N–H and O–H groups in total. The number of hydrogen-bond acceptors (Lipinski definition) is 3. The maximum atomic E-state index is 10.6. The minimum Gasteiger partial charge on any atom is -0.478 e. The van der Waals surface area contributed by atoms with E-state index in [1.165, 1.54) is 0 Å². The van der Waals surface area contributed by atoms with Crippen molar-refractivity contribution in [2.45, 2.75) is 13.8 Å². The number of carboxylic acids is 1. The molecule has 0 spiro atoms. The normalized spacial score (nSPS) is 11.2. The first-order chi connectivity index (χ1) is 7.44. The van der Waals surface area contributed by atoms with Crippen LogP contribution in [0.3, 0.4) is 0 Å². The fourth-order valence-electron chi connectivity index (χ4n) is 1.13. The Hall–Kier alpha value is -1.55. The number of rotatable bonds is 5. The molecule has 4 heteroatoms. The highest BCUT2D eigenvalue weighted by Gasteiger charge is 2.15. The second-order valence-corrected chi connectivity index (χ2v) is 4.56. The average Bonchev–Trinajstić information content (AvgIpc) is 2.27. The summed E-state index contributed by atoms with van der Waals surface area (Å²) in [6.07, 6.45) is 0. The van der Waals surface area contributed by atoms with Gasteiger partial charge >= 0.3 is 5.97 Å². The minimum atomic E-state index is -0.928. The smallest absolute Gasteiger partial charge is 0.335 e. The SMILES string of the molecule is CC(C)(CO)CNc1ccc(C(=O)O)cc1. The van der Waals surface area contributed by atoms with Crippen molar-refractivity contribution in [1.29, 1.82) is 0 Å². The van der Waals surface area contributed by atoms with E-state index in [0.717, 1.165) is 5.69 Å². The Labute approximate surface area is 94.9 Å². The summed E-state index contributed by atoms with van der Waals surface area (Å²) in [5.74, 6) is -0.928. The van der Waals surface area contributed by atoms with Crippen LogP contribution in [-0.4, -0.2) is 29.3 Å². The summed E-state index contributed by atoms with van der Waals surface area (Å²) in [7, 11) is 0. The summed E-state index contributed by atoms with van der Waals surface area (Å²) in [4.78, 5) is 10.6. The van der Waals surface area contributed by atoms with Crippen LogP contribution in [0.25, 0.3) is 0 Å². The van der Waals surface area contributed by atoms with Gasteiger partial charge in [0.2, 0.25) is 0 Å². The monoisotopic (exact) mass is 223 g/mol. The topological polar surface area (TPSA) is 69.6 Å². The van der Waals surface area contributed by atoms with Gasteiger partial charge in [-0.15, -0.1) is 0 Å². The van der Waals surface area contributed by atoms with Crippen molar-refractivity contribution in [2.75, 3.05) is 18.5 Å². The molecule has 0 heterocycles. The lowest BCUT2D eigenvalue weighted by Gasteiger charge is -2.22. The van der Waals surface area contributed by atoms with Gasteiger partial charge in [0, 0.05) is 24.3 Å². The second kappa shape index (κ2) is 4.99. The van der Waals surface area contributed by atoms with Gasteiger partial charge < -0.3 is 15.5 Å². The summed E-state index contributed by atoms with van der Waals surface area (Å²) in [5, 5.41) is 20.9. The summed E-state index contributed by atoms with van der Waals surface area (Å²) in [6.45, 7) is 4.64. The third-order valence-electron chi connectivity index (χ3n) is 2.33. The highest BCUT2D eigenvalue weighted by molar-refractivity contribution is 5.87. The Bertz CT molecular complexity index is 357. The first-order valence-electron chi connectivity index (χ1n) is 5.13. The lowest BCUT2D eigenvalue weighted by atomic mass is 9.95. The molecule has 0 aromatic heterocycles. The third kappa shape index (κ3) is 3.55. The van der Waals surface area contributed by atoms with Gasteiger partial charge in [-0.25, -0.2) is 4.79 Å². The molecule has 0 fully saturated rings. The molecule has 88 valence electrons. The zero-order valence-corrected chi connectivity index (χ0v) is 9.53. The molecule has 0 amide bonds. The first-order valence-corrected chi connectivity index (χ1v) is 5.13. The van der Waals surface area contributed by atoms with E-state index >= 15 is 0 Å². The Morgan fingerprint density at radius 3 is 2.31 bits per heavy atom. The third-order valence-corrected chi connectivity index (χ3v) is 2.33. The number of benzene rings is 1. The van der Waals surface area contributed by atoms with E-state index < -0.39 is 5.97 Å². The van der Waals surface area contributed by atoms with Gasteiger partial charge in [0.1, 0.15) is 0 Å². The molecule has 4 nitrogen and oxygen atoms in total. The molecular formula is C12H17NO3. The van der Waals surface area contributed by atoms with Gasteiger partial charge in [-0.05, 0) is 24.3 Å². The molecule has 1 aromatic carbocycles. The number of hydrogen-bond donors (Lipinski definition) is 3. The lowest BCUT2D eigenvalue weighted by molar-refractivity contribution is 0.0697. The van der Waals surface area contributed by atoms with E-state index in [2.05, 4.69) is 5.32 Å². The van der Waals surface area contributed by atoms with Gasteiger partial charge in [0.15, 0.2) is 0 Å². The molecule has 0 bridgehead atoms. The molecule has 0 aliphatic carbocycles. The highest BCUT2D eigenvalue weighted by Crippen LogP contribution is 2.16. The van der Waals surface area contributed by atoms with E-state index in [1.807, 2.05) is 13.8 Å². The van der Waals surface area contributed by atoms with Crippen LogP contribution in [0.5, 0.6) is 0 Å². The lowest BCUT2D eigenvalue weighted by Crippen LogP contribution is -2.26. The van der Waals surface area contributed by atoms with Crippen LogP contribution in [0.15, 0.2) is 24.3 Å². The molecule has 0 atom stereocenters. The van der Waals surface area contributed by atoms with Crippen molar-refractivity contribution in [1.82, 2.24) is 0 Å². The number of carboxylic acid groups (broad SMARTS) is 1.